The molecule has 4 rings (SSSR count). The van der Waals surface area contributed by atoms with E-state index in [2.05, 4.69) is 10.3 Å². The van der Waals surface area contributed by atoms with Crippen LogP contribution in [0.3, 0.4) is 0 Å². The van der Waals surface area contributed by atoms with Crippen LogP contribution in [0, 0.1) is 5.82 Å². The van der Waals surface area contributed by atoms with Gasteiger partial charge in [0.25, 0.3) is 5.91 Å². The Balaban J connectivity index is 1.57. The highest BCUT2D eigenvalue weighted by molar-refractivity contribution is 5.95. The molecule has 0 atom stereocenters. The molecule has 6 heteroatoms. The van der Waals surface area contributed by atoms with Crippen LogP contribution in [0.25, 0.3) is 33.4 Å². The third-order valence-corrected chi connectivity index (χ3v) is 5.61. The van der Waals surface area contributed by atoms with Crippen LogP contribution in [0.15, 0.2) is 85.1 Å². The van der Waals surface area contributed by atoms with Crippen molar-refractivity contribution in [3.05, 3.63) is 96.4 Å². The summed E-state index contributed by atoms with van der Waals surface area (Å²) < 4.78 is 15.0. The highest BCUT2D eigenvalue weighted by Gasteiger charge is 2.13. The summed E-state index contributed by atoms with van der Waals surface area (Å²) in [5.74, 6) is -0.120. The fourth-order valence-corrected chi connectivity index (χ4v) is 3.71. The molecule has 3 N–H and O–H groups in total. The molecule has 34 heavy (non-hydrogen) atoms. The number of benzene rings is 3. The molecule has 4 aromatic rings. The van der Waals surface area contributed by atoms with E-state index in [1.165, 1.54) is 6.07 Å². The SMILES string of the molecule is CN(C)CCNC(=O)c1ccc(-c2cc(-c3ccc(-c4ccccc4)cc3F)cnc2N)cc1. The van der Waals surface area contributed by atoms with Crippen molar-refractivity contribution in [2.24, 2.45) is 0 Å². The van der Waals surface area contributed by atoms with Gasteiger partial charge in [-0.15, -0.1) is 0 Å². The number of nitrogen functional groups attached to an aromatic ring is 1. The van der Waals surface area contributed by atoms with Crippen LogP contribution in [0.2, 0.25) is 0 Å². The molecule has 5 nitrogen and oxygen atoms in total. The van der Waals surface area contributed by atoms with Crippen molar-refractivity contribution in [3.63, 3.8) is 0 Å². The number of hydrogen-bond acceptors (Lipinski definition) is 4. The first-order chi connectivity index (χ1) is 16.4. The van der Waals surface area contributed by atoms with Crippen LogP contribution in [-0.2, 0) is 0 Å². The van der Waals surface area contributed by atoms with Crippen LogP contribution in [-0.4, -0.2) is 43.0 Å². The van der Waals surface area contributed by atoms with Crippen LogP contribution < -0.4 is 11.1 Å². The average molecular weight is 455 g/mol. The highest BCUT2D eigenvalue weighted by atomic mass is 19.1. The standard InChI is InChI=1S/C28H27FN4O/c1-33(2)15-14-31-28(34)21-10-8-20(9-11-21)25-16-23(18-32-27(25)30)24-13-12-22(17-26(24)29)19-6-4-3-5-7-19/h3-13,16-18H,14-15H2,1-2H3,(H2,30,32)(H,31,34). The summed E-state index contributed by atoms with van der Waals surface area (Å²) >= 11 is 0. The fraction of sp³-hybridized carbons (Fsp3) is 0.143. The molecule has 0 unspecified atom stereocenters. The molecule has 0 aliphatic carbocycles. The predicted molar refractivity (Wildman–Crippen MR) is 136 cm³/mol. The van der Waals surface area contributed by atoms with Gasteiger partial charge < -0.3 is 16.0 Å². The number of carbonyl (C=O) groups excluding carboxylic acids is 1. The minimum Gasteiger partial charge on any atom is -0.383 e. The van der Waals surface area contributed by atoms with Gasteiger partial charge in [0.15, 0.2) is 0 Å². The van der Waals surface area contributed by atoms with Gasteiger partial charge in [0.2, 0.25) is 0 Å². The number of nitrogens with two attached hydrogens (primary N) is 1. The summed E-state index contributed by atoms with van der Waals surface area (Å²) in [6.45, 7) is 1.34. The van der Waals surface area contributed by atoms with Gasteiger partial charge in [0.05, 0.1) is 0 Å². The van der Waals surface area contributed by atoms with Crippen molar-refractivity contribution in [3.8, 4) is 33.4 Å². The van der Waals surface area contributed by atoms with Gasteiger partial charge in [0.1, 0.15) is 11.6 Å². The van der Waals surface area contributed by atoms with Crippen molar-refractivity contribution < 1.29 is 9.18 Å². The maximum atomic E-state index is 15.0. The minimum absolute atomic E-state index is 0.131. The molecule has 172 valence electrons. The number of nitrogens with one attached hydrogen (secondary N) is 1. The Hall–Kier alpha value is -4.03. The first-order valence-corrected chi connectivity index (χ1v) is 11.1. The van der Waals surface area contributed by atoms with Gasteiger partial charge in [-0.05, 0) is 55.1 Å². The third-order valence-electron chi connectivity index (χ3n) is 5.61. The maximum Gasteiger partial charge on any atom is 0.251 e. The number of pyridine rings is 1. The fourth-order valence-electron chi connectivity index (χ4n) is 3.71. The number of amides is 1. The number of likely N-dealkylation sites (N-methyl/N-ethyl adjacent to an activating group) is 1. The van der Waals surface area contributed by atoms with Gasteiger partial charge in [-0.3, -0.25) is 4.79 Å². The third kappa shape index (κ3) is 5.30. The number of anilines is 1. The normalized spacial score (nSPS) is 10.9. The van der Waals surface area contributed by atoms with Crippen molar-refractivity contribution in [2.45, 2.75) is 0 Å². The Morgan fingerprint density at radius 3 is 2.26 bits per heavy atom. The predicted octanol–water partition coefficient (Wildman–Crippen LogP) is 5.10. The lowest BCUT2D eigenvalue weighted by Gasteiger charge is -2.12. The van der Waals surface area contributed by atoms with E-state index in [1.54, 1.807) is 24.4 Å². The number of nitrogens with zero attached hydrogens (tertiary/aromatic N) is 2. The van der Waals surface area contributed by atoms with E-state index < -0.39 is 0 Å². The Labute approximate surface area is 199 Å². The lowest BCUT2D eigenvalue weighted by atomic mass is 9.97. The van der Waals surface area contributed by atoms with E-state index in [9.17, 15) is 4.79 Å². The summed E-state index contributed by atoms with van der Waals surface area (Å²) in [6.07, 6.45) is 1.58. The second kappa shape index (κ2) is 10.3. The summed E-state index contributed by atoms with van der Waals surface area (Å²) in [6, 6.07) is 23.9. The van der Waals surface area contributed by atoms with Crippen LogP contribution in [0.5, 0.6) is 0 Å². The Morgan fingerprint density at radius 2 is 1.59 bits per heavy atom. The van der Waals surface area contributed by atoms with Gasteiger partial charge in [-0.25, -0.2) is 9.37 Å². The second-order valence-corrected chi connectivity index (χ2v) is 8.35. The van der Waals surface area contributed by atoms with Gasteiger partial charge >= 0.3 is 0 Å². The van der Waals surface area contributed by atoms with Crippen molar-refractivity contribution in [1.29, 1.82) is 0 Å². The zero-order chi connectivity index (χ0) is 24.1. The van der Waals surface area contributed by atoms with Crippen molar-refractivity contribution in [1.82, 2.24) is 15.2 Å². The summed E-state index contributed by atoms with van der Waals surface area (Å²) in [4.78, 5) is 18.6. The molecule has 1 heterocycles. The molecule has 0 aliphatic rings. The molecule has 3 aromatic carbocycles. The molecule has 0 spiro atoms. The Morgan fingerprint density at radius 1 is 0.882 bits per heavy atom. The molecule has 0 aliphatic heterocycles. The maximum absolute atomic E-state index is 15.0. The molecule has 0 saturated heterocycles. The molecular formula is C28H27FN4O. The average Bonchev–Trinajstić information content (AvgIpc) is 2.85. The van der Waals surface area contributed by atoms with E-state index in [1.807, 2.05) is 73.6 Å². The van der Waals surface area contributed by atoms with Gasteiger partial charge in [-0.2, -0.15) is 0 Å². The summed E-state index contributed by atoms with van der Waals surface area (Å²) in [5.41, 5.74) is 11.0. The molecule has 0 radical (unpaired) electrons. The molecule has 1 amide bonds. The van der Waals surface area contributed by atoms with E-state index in [4.69, 9.17) is 5.73 Å². The first-order valence-electron chi connectivity index (χ1n) is 11.1. The monoisotopic (exact) mass is 454 g/mol. The zero-order valence-corrected chi connectivity index (χ0v) is 19.3. The number of hydrogen-bond donors (Lipinski definition) is 2. The molecule has 1 aromatic heterocycles. The van der Waals surface area contributed by atoms with Gasteiger partial charge in [-0.1, -0.05) is 54.6 Å². The zero-order valence-electron chi connectivity index (χ0n) is 19.3. The van der Waals surface area contributed by atoms with E-state index in [0.717, 1.165) is 23.2 Å². The number of halogens is 1. The Bertz CT molecular complexity index is 1290. The minimum atomic E-state index is -0.330. The topological polar surface area (TPSA) is 71.2 Å². The quantitative estimate of drug-likeness (QED) is 0.408. The van der Waals surface area contributed by atoms with Crippen molar-refractivity contribution in [2.75, 3.05) is 32.9 Å². The van der Waals surface area contributed by atoms with E-state index >= 15 is 4.39 Å². The second-order valence-electron chi connectivity index (χ2n) is 8.35. The highest BCUT2D eigenvalue weighted by Crippen LogP contribution is 2.32. The van der Waals surface area contributed by atoms with E-state index in [0.29, 0.717) is 34.6 Å². The largest absolute Gasteiger partial charge is 0.383 e. The molecule has 0 saturated carbocycles. The van der Waals surface area contributed by atoms with Crippen LogP contribution >= 0.6 is 0 Å². The lowest BCUT2D eigenvalue weighted by molar-refractivity contribution is 0.0951. The number of carbonyl (C=O) groups is 1. The van der Waals surface area contributed by atoms with Gasteiger partial charge in [0, 0.05) is 41.5 Å². The number of rotatable bonds is 7. The molecular weight excluding hydrogens is 427 g/mol. The van der Waals surface area contributed by atoms with E-state index in [-0.39, 0.29) is 11.7 Å². The smallest absolute Gasteiger partial charge is 0.251 e. The molecule has 0 fully saturated rings. The molecule has 0 bridgehead atoms. The van der Waals surface area contributed by atoms with Crippen LogP contribution in [0.1, 0.15) is 10.4 Å². The number of aromatic nitrogens is 1. The van der Waals surface area contributed by atoms with Crippen molar-refractivity contribution >= 4 is 11.7 Å². The lowest BCUT2D eigenvalue weighted by Crippen LogP contribution is -2.31. The summed E-state index contributed by atoms with van der Waals surface area (Å²) in [7, 11) is 3.91. The first kappa shape index (κ1) is 23.1. The Kier molecular flexibility index (Phi) is 6.99. The van der Waals surface area contributed by atoms with Crippen LogP contribution in [0.4, 0.5) is 10.2 Å². The summed E-state index contributed by atoms with van der Waals surface area (Å²) in [5, 5.41) is 2.89.